The van der Waals surface area contributed by atoms with E-state index in [1.54, 1.807) is 0 Å². The molecule has 1 unspecified atom stereocenters. The maximum Gasteiger partial charge on any atom is 0.235 e. The number of anilines is 2. The second kappa shape index (κ2) is 10.0. The van der Waals surface area contributed by atoms with Gasteiger partial charge in [-0.05, 0) is 65.9 Å². The molecular formula is C28H31BrN2O2. The standard InChI is InChI=1S/C28H31BrN2O2/c1-19(2)21-7-12-24(13-8-21)31(18-20-5-10-23(11-6-20)30(3)4)28(32)25-15-16-33-27-14-9-22(29)17-26(25)27/h5-14,17,19,25H,15-16,18H2,1-4H3. The van der Waals surface area contributed by atoms with Crippen LogP contribution in [0.25, 0.3) is 0 Å². The highest BCUT2D eigenvalue weighted by Gasteiger charge is 2.32. The normalized spacial score (nSPS) is 15.0. The maximum atomic E-state index is 14.0. The second-order valence-corrected chi connectivity index (χ2v) is 10.0. The Balaban J connectivity index is 1.69. The lowest BCUT2D eigenvalue weighted by atomic mass is 9.91. The van der Waals surface area contributed by atoms with Gasteiger partial charge in [0.15, 0.2) is 0 Å². The van der Waals surface area contributed by atoms with Gasteiger partial charge >= 0.3 is 0 Å². The molecule has 4 nitrogen and oxygen atoms in total. The third kappa shape index (κ3) is 5.25. The Kier molecular flexibility index (Phi) is 7.08. The van der Waals surface area contributed by atoms with Gasteiger partial charge in [0, 0.05) is 35.5 Å². The Morgan fingerprint density at radius 2 is 1.67 bits per heavy atom. The Bertz CT molecular complexity index is 1110. The lowest BCUT2D eigenvalue weighted by Crippen LogP contribution is -2.36. The van der Waals surface area contributed by atoms with Crippen molar-refractivity contribution >= 4 is 33.2 Å². The average molecular weight is 507 g/mol. The van der Waals surface area contributed by atoms with Crippen LogP contribution in [-0.4, -0.2) is 26.6 Å². The van der Waals surface area contributed by atoms with E-state index in [1.807, 2.05) is 37.2 Å². The largest absolute Gasteiger partial charge is 0.493 e. The van der Waals surface area contributed by atoms with Gasteiger partial charge in [0.05, 0.1) is 19.1 Å². The van der Waals surface area contributed by atoms with E-state index in [1.165, 1.54) is 5.56 Å². The van der Waals surface area contributed by atoms with Crippen molar-refractivity contribution in [3.05, 3.63) is 87.9 Å². The molecule has 0 aromatic heterocycles. The van der Waals surface area contributed by atoms with Crippen molar-refractivity contribution in [2.75, 3.05) is 30.5 Å². The molecule has 1 heterocycles. The minimum Gasteiger partial charge on any atom is -0.493 e. The Morgan fingerprint density at radius 3 is 2.30 bits per heavy atom. The predicted octanol–water partition coefficient (Wildman–Crippen LogP) is 6.74. The molecule has 4 rings (SSSR count). The van der Waals surface area contributed by atoms with Crippen molar-refractivity contribution in [2.24, 2.45) is 0 Å². The zero-order valence-electron chi connectivity index (χ0n) is 19.7. The molecule has 1 amide bonds. The van der Waals surface area contributed by atoms with Gasteiger partial charge in [-0.1, -0.05) is 54.0 Å². The molecule has 1 atom stereocenters. The molecule has 0 bridgehead atoms. The highest BCUT2D eigenvalue weighted by atomic mass is 79.9. The molecule has 0 aliphatic carbocycles. The third-order valence-corrected chi connectivity index (χ3v) is 6.73. The number of amides is 1. The summed E-state index contributed by atoms with van der Waals surface area (Å²) in [5.74, 6) is 1.11. The number of fused-ring (bicyclic) bond motifs is 1. The molecule has 0 saturated heterocycles. The number of hydrogen-bond acceptors (Lipinski definition) is 3. The summed E-state index contributed by atoms with van der Waals surface area (Å²) >= 11 is 3.56. The van der Waals surface area contributed by atoms with Crippen LogP contribution in [0.15, 0.2) is 71.2 Å². The smallest absolute Gasteiger partial charge is 0.235 e. The Labute approximate surface area is 205 Å². The maximum absolute atomic E-state index is 14.0. The molecule has 0 spiro atoms. The summed E-state index contributed by atoms with van der Waals surface area (Å²) in [6, 6.07) is 22.7. The van der Waals surface area contributed by atoms with Crippen molar-refractivity contribution < 1.29 is 9.53 Å². The fourth-order valence-electron chi connectivity index (χ4n) is 4.23. The van der Waals surface area contributed by atoms with Crippen LogP contribution in [-0.2, 0) is 11.3 Å². The first-order valence-corrected chi connectivity index (χ1v) is 12.2. The number of nitrogens with zero attached hydrogens (tertiary/aromatic N) is 2. The predicted molar refractivity (Wildman–Crippen MR) is 139 cm³/mol. The molecule has 172 valence electrons. The second-order valence-electron chi connectivity index (χ2n) is 9.10. The van der Waals surface area contributed by atoms with Gasteiger partial charge in [0.25, 0.3) is 0 Å². The van der Waals surface area contributed by atoms with Crippen LogP contribution in [0.2, 0.25) is 0 Å². The molecule has 3 aromatic rings. The van der Waals surface area contributed by atoms with Gasteiger partial charge in [0.2, 0.25) is 5.91 Å². The summed E-state index contributed by atoms with van der Waals surface area (Å²) in [6.45, 7) is 5.43. The molecule has 3 aromatic carbocycles. The highest BCUT2D eigenvalue weighted by molar-refractivity contribution is 9.10. The molecule has 0 fully saturated rings. The van der Waals surface area contributed by atoms with E-state index in [9.17, 15) is 4.79 Å². The monoisotopic (exact) mass is 506 g/mol. The van der Waals surface area contributed by atoms with Gasteiger partial charge in [0.1, 0.15) is 5.75 Å². The zero-order valence-corrected chi connectivity index (χ0v) is 21.3. The number of carbonyl (C=O) groups excluding carboxylic acids is 1. The first-order chi connectivity index (χ1) is 15.8. The molecule has 1 aliphatic rings. The van der Waals surface area contributed by atoms with Crippen molar-refractivity contribution in [1.29, 1.82) is 0 Å². The molecule has 33 heavy (non-hydrogen) atoms. The number of rotatable bonds is 6. The fraction of sp³-hybridized carbons (Fsp3) is 0.321. The van der Waals surface area contributed by atoms with Gasteiger partial charge in [-0.25, -0.2) is 0 Å². The van der Waals surface area contributed by atoms with Crippen molar-refractivity contribution in [2.45, 2.75) is 38.6 Å². The van der Waals surface area contributed by atoms with Crippen LogP contribution < -0.4 is 14.5 Å². The van der Waals surface area contributed by atoms with E-state index in [0.717, 1.165) is 32.7 Å². The van der Waals surface area contributed by atoms with E-state index in [4.69, 9.17) is 4.74 Å². The molecular weight excluding hydrogens is 476 g/mol. The number of benzene rings is 3. The van der Waals surface area contributed by atoms with Crippen LogP contribution in [0.4, 0.5) is 11.4 Å². The van der Waals surface area contributed by atoms with Crippen LogP contribution in [0.1, 0.15) is 48.8 Å². The van der Waals surface area contributed by atoms with E-state index in [2.05, 4.69) is 83.2 Å². The highest BCUT2D eigenvalue weighted by Crippen LogP contribution is 2.38. The van der Waals surface area contributed by atoms with E-state index >= 15 is 0 Å². The van der Waals surface area contributed by atoms with Gasteiger partial charge < -0.3 is 14.5 Å². The summed E-state index contributed by atoms with van der Waals surface area (Å²) in [5.41, 5.74) is 5.38. The van der Waals surface area contributed by atoms with Crippen molar-refractivity contribution in [3.8, 4) is 5.75 Å². The summed E-state index contributed by atoms with van der Waals surface area (Å²) in [4.78, 5) is 18.0. The van der Waals surface area contributed by atoms with Crippen molar-refractivity contribution in [3.63, 3.8) is 0 Å². The topological polar surface area (TPSA) is 32.8 Å². The molecule has 5 heteroatoms. The lowest BCUT2D eigenvalue weighted by molar-refractivity contribution is -0.120. The number of hydrogen-bond donors (Lipinski definition) is 0. The van der Waals surface area contributed by atoms with Crippen molar-refractivity contribution in [1.82, 2.24) is 0 Å². The fourth-order valence-corrected chi connectivity index (χ4v) is 4.61. The third-order valence-electron chi connectivity index (χ3n) is 6.24. The summed E-state index contributed by atoms with van der Waals surface area (Å²) in [6.07, 6.45) is 0.669. The molecule has 0 saturated carbocycles. The quantitative estimate of drug-likeness (QED) is 0.371. The number of halogens is 1. The molecule has 1 aliphatic heterocycles. The SMILES string of the molecule is CC(C)c1ccc(N(Cc2ccc(N(C)C)cc2)C(=O)C2CCOc3ccc(Br)cc32)cc1. The zero-order chi connectivity index (χ0) is 23.5. The van der Waals surface area contributed by atoms with Crippen LogP contribution in [0.5, 0.6) is 5.75 Å². The van der Waals surface area contributed by atoms with E-state index in [-0.39, 0.29) is 11.8 Å². The number of ether oxygens (including phenoxy) is 1. The summed E-state index contributed by atoms with van der Waals surface area (Å²) in [5, 5.41) is 0. The average Bonchev–Trinajstić information content (AvgIpc) is 2.82. The van der Waals surface area contributed by atoms with Crippen LogP contribution >= 0.6 is 15.9 Å². The van der Waals surface area contributed by atoms with Crippen LogP contribution in [0, 0.1) is 0 Å². The lowest BCUT2D eigenvalue weighted by Gasteiger charge is -2.31. The first kappa shape index (κ1) is 23.4. The van der Waals surface area contributed by atoms with E-state index in [0.29, 0.717) is 25.5 Å². The molecule has 0 radical (unpaired) electrons. The minimum atomic E-state index is -0.239. The molecule has 0 N–H and O–H groups in total. The Hall–Kier alpha value is -2.79. The van der Waals surface area contributed by atoms with Gasteiger partial charge in [-0.3, -0.25) is 4.79 Å². The number of carbonyl (C=O) groups is 1. The van der Waals surface area contributed by atoms with Crippen LogP contribution in [0.3, 0.4) is 0 Å². The van der Waals surface area contributed by atoms with Gasteiger partial charge in [-0.15, -0.1) is 0 Å². The Morgan fingerprint density at radius 1 is 1.00 bits per heavy atom. The van der Waals surface area contributed by atoms with E-state index < -0.39 is 0 Å². The first-order valence-electron chi connectivity index (χ1n) is 11.4. The summed E-state index contributed by atoms with van der Waals surface area (Å²) in [7, 11) is 4.06. The summed E-state index contributed by atoms with van der Waals surface area (Å²) < 4.78 is 6.80. The van der Waals surface area contributed by atoms with Gasteiger partial charge in [-0.2, -0.15) is 0 Å². The minimum absolute atomic E-state index is 0.103.